The molecule has 0 amide bonds. The monoisotopic (exact) mass is 314 g/mol. The lowest BCUT2D eigenvalue weighted by molar-refractivity contribution is -0.151. The van der Waals surface area contributed by atoms with Gasteiger partial charge in [0.25, 0.3) is 0 Å². The summed E-state index contributed by atoms with van der Waals surface area (Å²) in [6, 6.07) is 0. The van der Waals surface area contributed by atoms with E-state index in [4.69, 9.17) is 9.53 Å². The predicted octanol–water partition coefficient (Wildman–Crippen LogP) is 2.25. The summed E-state index contributed by atoms with van der Waals surface area (Å²) in [4.78, 5) is 34.3. The van der Waals surface area contributed by atoms with Gasteiger partial charge < -0.3 is 14.3 Å². The number of hydrogen-bond donors (Lipinski definition) is 1. The van der Waals surface area contributed by atoms with Crippen molar-refractivity contribution in [1.29, 1.82) is 0 Å². The first-order valence-corrected chi connectivity index (χ1v) is 9.64. The van der Waals surface area contributed by atoms with Crippen molar-refractivity contribution in [2.24, 2.45) is 0 Å². The number of carbonyl (C=O) groups is 3. The minimum absolute atomic E-state index is 0.0345. The number of cyclic esters (lactones) is 2. The maximum atomic E-state index is 11.8. The molecule has 1 N–H and O–H groups in total. The summed E-state index contributed by atoms with van der Waals surface area (Å²) in [5, 5.41) is 8.91. The van der Waals surface area contributed by atoms with Crippen LogP contribution in [-0.2, 0) is 23.5 Å². The largest absolute Gasteiger partial charge is 0.481 e. The van der Waals surface area contributed by atoms with Crippen LogP contribution in [0.2, 0.25) is 18.1 Å². The Hall–Kier alpha value is -1.47. The van der Waals surface area contributed by atoms with E-state index in [1.807, 2.05) is 33.9 Å². The van der Waals surface area contributed by atoms with Gasteiger partial charge in [-0.3, -0.25) is 4.79 Å². The molecule has 1 atom stereocenters. The van der Waals surface area contributed by atoms with Crippen LogP contribution >= 0.6 is 0 Å². The zero-order valence-electron chi connectivity index (χ0n) is 13.3. The molecule has 0 aromatic rings. The second-order valence-corrected chi connectivity index (χ2v) is 11.4. The standard InChI is InChI=1S/C14H22O6Si/c1-8-11(13(18)19-12(8)17)9(7-10(15)16)20-21(5,6)14(2,3)4/h9H,7H2,1-6H3,(H,15,16)/t9-/m1/s1. The minimum Gasteiger partial charge on any atom is -0.481 e. The highest BCUT2D eigenvalue weighted by Crippen LogP contribution is 2.39. The van der Waals surface area contributed by atoms with Gasteiger partial charge in [-0.15, -0.1) is 0 Å². The Balaban J connectivity index is 3.17. The molecular weight excluding hydrogens is 292 g/mol. The van der Waals surface area contributed by atoms with E-state index in [0.717, 1.165) is 0 Å². The van der Waals surface area contributed by atoms with Crippen LogP contribution in [0, 0.1) is 0 Å². The van der Waals surface area contributed by atoms with E-state index in [0.29, 0.717) is 0 Å². The van der Waals surface area contributed by atoms with Crippen molar-refractivity contribution >= 4 is 26.2 Å². The van der Waals surface area contributed by atoms with Crippen molar-refractivity contribution < 1.29 is 28.7 Å². The Morgan fingerprint density at radius 3 is 2.14 bits per heavy atom. The second kappa shape index (κ2) is 5.73. The Kier molecular flexibility index (Phi) is 4.79. The molecule has 0 fully saturated rings. The quantitative estimate of drug-likeness (QED) is 0.475. The topological polar surface area (TPSA) is 89.9 Å². The lowest BCUT2D eigenvalue weighted by atomic mass is 10.0. The molecule has 0 radical (unpaired) electrons. The van der Waals surface area contributed by atoms with E-state index in [2.05, 4.69) is 4.74 Å². The molecule has 6 nitrogen and oxygen atoms in total. The van der Waals surface area contributed by atoms with E-state index in [1.54, 1.807) is 0 Å². The van der Waals surface area contributed by atoms with Crippen LogP contribution in [0.25, 0.3) is 0 Å². The van der Waals surface area contributed by atoms with Gasteiger partial charge in [0.05, 0.1) is 18.1 Å². The maximum absolute atomic E-state index is 11.8. The summed E-state index contributed by atoms with van der Waals surface area (Å²) in [6.45, 7) is 11.4. The second-order valence-electron chi connectivity index (χ2n) is 6.68. The van der Waals surface area contributed by atoms with Gasteiger partial charge in [0.1, 0.15) is 0 Å². The first-order chi connectivity index (χ1) is 9.36. The Labute approximate surface area is 125 Å². The normalized spacial score (nSPS) is 18.0. The predicted molar refractivity (Wildman–Crippen MR) is 78.1 cm³/mol. The molecule has 118 valence electrons. The third kappa shape index (κ3) is 3.79. The molecule has 1 aliphatic heterocycles. The number of hydrogen-bond acceptors (Lipinski definition) is 5. The molecular formula is C14H22O6Si. The van der Waals surface area contributed by atoms with Crippen LogP contribution in [0.5, 0.6) is 0 Å². The molecule has 0 aromatic carbocycles. The highest BCUT2D eigenvalue weighted by Gasteiger charge is 2.44. The van der Waals surface area contributed by atoms with Gasteiger partial charge in [0.15, 0.2) is 8.32 Å². The van der Waals surface area contributed by atoms with Gasteiger partial charge in [0, 0.05) is 5.57 Å². The number of carbonyl (C=O) groups excluding carboxylic acids is 2. The van der Waals surface area contributed by atoms with Crippen molar-refractivity contribution in [3.8, 4) is 0 Å². The Bertz CT molecular complexity index is 512. The number of esters is 2. The number of rotatable bonds is 5. The third-order valence-electron chi connectivity index (χ3n) is 4.04. The van der Waals surface area contributed by atoms with Gasteiger partial charge in [-0.2, -0.15) is 0 Å². The molecule has 0 unspecified atom stereocenters. The number of ether oxygens (including phenoxy) is 1. The molecule has 1 aliphatic rings. The van der Waals surface area contributed by atoms with Crippen LogP contribution < -0.4 is 0 Å². The molecule has 1 heterocycles. The number of aliphatic carboxylic acids is 1. The van der Waals surface area contributed by atoms with Gasteiger partial charge in [0.2, 0.25) is 0 Å². The summed E-state index contributed by atoms with van der Waals surface area (Å²) in [5.74, 6) is -2.63. The Morgan fingerprint density at radius 2 is 1.81 bits per heavy atom. The highest BCUT2D eigenvalue weighted by atomic mass is 28.4. The molecule has 0 aliphatic carbocycles. The molecule has 21 heavy (non-hydrogen) atoms. The van der Waals surface area contributed by atoms with E-state index >= 15 is 0 Å². The number of carboxylic acids is 1. The van der Waals surface area contributed by atoms with Crippen LogP contribution in [0.4, 0.5) is 0 Å². The zero-order chi connectivity index (χ0) is 16.6. The smallest absolute Gasteiger partial charge is 0.345 e. The van der Waals surface area contributed by atoms with E-state index in [9.17, 15) is 14.4 Å². The van der Waals surface area contributed by atoms with Gasteiger partial charge in [-0.05, 0) is 25.1 Å². The van der Waals surface area contributed by atoms with Crippen molar-refractivity contribution in [3.63, 3.8) is 0 Å². The first kappa shape index (κ1) is 17.6. The van der Waals surface area contributed by atoms with Crippen molar-refractivity contribution in [2.75, 3.05) is 0 Å². The average molecular weight is 314 g/mol. The minimum atomic E-state index is -2.30. The SMILES string of the molecule is CC1=C([C@@H](CC(=O)O)O[Si](C)(C)C(C)(C)C)C(=O)OC1=O. The third-order valence-corrected chi connectivity index (χ3v) is 8.53. The van der Waals surface area contributed by atoms with Crippen LogP contribution in [0.15, 0.2) is 11.1 Å². The summed E-state index contributed by atoms with van der Waals surface area (Å²) >= 11 is 0. The molecule has 0 bridgehead atoms. The summed E-state index contributed by atoms with van der Waals surface area (Å²) in [7, 11) is -2.30. The van der Waals surface area contributed by atoms with E-state index in [1.165, 1.54) is 6.92 Å². The van der Waals surface area contributed by atoms with Crippen molar-refractivity contribution in [2.45, 2.75) is 58.4 Å². The van der Waals surface area contributed by atoms with Gasteiger partial charge in [-0.1, -0.05) is 20.8 Å². The fourth-order valence-electron chi connectivity index (χ4n) is 1.75. The summed E-state index contributed by atoms with van der Waals surface area (Å²) < 4.78 is 10.6. The van der Waals surface area contributed by atoms with Crippen LogP contribution in [0.3, 0.4) is 0 Å². The highest BCUT2D eigenvalue weighted by molar-refractivity contribution is 6.74. The lowest BCUT2D eigenvalue weighted by Crippen LogP contribution is -2.45. The van der Waals surface area contributed by atoms with Crippen LogP contribution in [0.1, 0.15) is 34.1 Å². The lowest BCUT2D eigenvalue weighted by Gasteiger charge is -2.39. The summed E-state index contributed by atoms with van der Waals surface area (Å²) in [5.41, 5.74) is 0.164. The Morgan fingerprint density at radius 1 is 1.29 bits per heavy atom. The molecule has 1 rings (SSSR count). The van der Waals surface area contributed by atoms with E-state index in [-0.39, 0.29) is 22.6 Å². The van der Waals surface area contributed by atoms with Gasteiger partial charge in [-0.25, -0.2) is 9.59 Å². The molecule has 0 spiro atoms. The summed E-state index contributed by atoms with van der Waals surface area (Å²) in [6.07, 6.45) is -1.33. The zero-order valence-corrected chi connectivity index (χ0v) is 14.3. The molecule has 0 saturated carbocycles. The van der Waals surface area contributed by atoms with Crippen molar-refractivity contribution in [1.82, 2.24) is 0 Å². The number of carboxylic acid groups (broad SMARTS) is 1. The fourth-order valence-corrected chi connectivity index (χ4v) is 3.01. The molecule has 0 saturated heterocycles. The molecule has 7 heteroatoms. The maximum Gasteiger partial charge on any atom is 0.345 e. The first-order valence-electron chi connectivity index (χ1n) is 6.73. The molecule has 0 aromatic heterocycles. The van der Waals surface area contributed by atoms with Crippen LogP contribution in [-0.4, -0.2) is 37.4 Å². The van der Waals surface area contributed by atoms with E-state index < -0.39 is 32.3 Å². The van der Waals surface area contributed by atoms with Gasteiger partial charge >= 0.3 is 17.9 Å². The average Bonchev–Trinajstić information content (AvgIpc) is 2.49. The fraction of sp³-hybridized carbons (Fsp3) is 0.643. The van der Waals surface area contributed by atoms with Crippen molar-refractivity contribution in [3.05, 3.63) is 11.1 Å².